The van der Waals surface area contributed by atoms with Crippen LogP contribution in [0.15, 0.2) is 71.3 Å². The molecule has 0 unspecified atom stereocenters. The van der Waals surface area contributed by atoms with Gasteiger partial charge in [0.1, 0.15) is 0 Å². The highest BCUT2D eigenvalue weighted by molar-refractivity contribution is 7.89. The van der Waals surface area contributed by atoms with Gasteiger partial charge in [-0.2, -0.15) is 9.40 Å². The van der Waals surface area contributed by atoms with Gasteiger partial charge in [0.2, 0.25) is 10.0 Å². The summed E-state index contributed by atoms with van der Waals surface area (Å²) in [7, 11) is -3.51. The Morgan fingerprint density at radius 2 is 1.67 bits per heavy atom. The molecule has 1 aliphatic rings. The lowest BCUT2D eigenvalue weighted by Gasteiger charge is -2.26. The summed E-state index contributed by atoms with van der Waals surface area (Å²) in [5, 5.41) is 4.78. The number of hydrogen-bond acceptors (Lipinski definition) is 4. The van der Waals surface area contributed by atoms with Crippen LogP contribution in [-0.4, -0.2) is 48.8 Å². The molecule has 0 N–H and O–H groups in total. The van der Waals surface area contributed by atoms with Crippen molar-refractivity contribution < 1.29 is 13.2 Å². The van der Waals surface area contributed by atoms with E-state index in [2.05, 4.69) is 6.08 Å². The Kier molecular flexibility index (Phi) is 5.85. The van der Waals surface area contributed by atoms with E-state index in [0.29, 0.717) is 31.2 Å². The van der Waals surface area contributed by atoms with E-state index < -0.39 is 10.0 Å². The number of allylic oxidation sites excluding steroid dienone is 1. The van der Waals surface area contributed by atoms with Crippen LogP contribution in [0, 0.1) is 0 Å². The normalized spacial score (nSPS) is 15.1. The molecule has 6 nitrogen and oxygen atoms in total. The van der Waals surface area contributed by atoms with E-state index in [0.717, 1.165) is 28.1 Å². The molecule has 30 heavy (non-hydrogen) atoms. The fourth-order valence-electron chi connectivity index (χ4n) is 3.46. The molecular formula is C23H25N3O3S. The third-order valence-electron chi connectivity index (χ3n) is 4.94. The molecule has 0 saturated carbocycles. The van der Waals surface area contributed by atoms with Crippen molar-refractivity contribution in [2.45, 2.75) is 18.7 Å². The molecule has 7 heteroatoms. The highest BCUT2D eigenvalue weighted by atomic mass is 32.2. The molecule has 2 aromatic carbocycles. The number of aromatic nitrogens is 2. The lowest BCUT2D eigenvalue weighted by atomic mass is 10.1. The maximum Gasteiger partial charge on any atom is 0.243 e. The van der Waals surface area contributed by atoms with E-state index in [1.54, 1.807) is 12.1 Å². The quantitative estimate of drug-likeness (QED) is 0.623. The maximum atomic E-state index is 12.9. The molecule has 156 valence electrons. The summed E-state index contributed by atoms with van der Waals surface area (Å²) in [5.74, 6) is 0. The average Bonchev–Trinajstić information content (AvgIpc) is 3.18. The van der Waals surface area contributed by atoms with Crippen LogP contribution in [-0.2, 0) is 14.8 Å². The van der Waals surface area contributed by atoms with Gasteiger partial charge in [-0.3, -0.25) is 0 Å². The standard InChI is InChI=1S/C23H25N3O3S/c1-18(2)16-20-17-26(21-6-4-3-5-7-21)24-23(20)19-8-10-22(11-9-19)30(27,28)25-12-14-29-15-13-25/h3-11,16-17H,12-15H2,1-2H3. The number of ether oxygens (including phenoxy) is 1. The Bertz CT molecular complexity index is 1140. The Morgan fingerprint density at radius 3 is 2.30 bits per heavy atom. The van der Waals surface area contributed by atoms with Crippen molar-refractivity contribution in [3.05, 3.63) is 71.9 Å². The second-order valence-electron chi connectivity index (χ2n) is 7.48. The number of para-hydroxylation sites is 1. The van der Waals surface area contributed by atoms with Gasteiger partial charge in [0.05, 0.1) is 29.5 Å². The van der Waals surface area contributed by atoms with Gasteiger partial charge < -0.3 is 4.74 Å². The maximum absolute atomic E-state index is 12.9. The van der Waals surface area contributed by atoms with Crippen molar-refractivity contribution in [2.75, 3.05) is 26.3 Å². The highest BCUT2D eigenvalue weighted by Crippen LogP contribution is 2.27. The van der Waals surface area contributed by atoms with E-state index in [1.165, 1.54) is 4.31 Å². The van der Waals surface area contributed by atoms with Crippen LogP contribution in [0.25, 0.3) is 23.0 Å². The minimum atomic E-state index is -3.51. The van der Waals surface area contributed by atoms with Crippen molar-refractivity contribution in [3.8, 4) is 16.9 Å². The first-order valence-corrected chi connectivity index (χ1v) is 11.4. The lowest BCUT2D eigenvalue weighted by molar-refractivity contribution is 0.0730. The molecule has 0 atom stereocenters. The second kappa shape index (κ2) is 8.55. The summed E-state index contributed by atoms with van der Waals surface area (Å²) in [6, 6.07) is 16.9. The zero-order valence-corrected chi connectivity index (χ0v) is 18.0. The molecular weight excluding hydrogens is 398 g/mol. The van der Waals surface area contributed by atoms with E-state index in [4.69, 9.17) is 9.84 Å². The third kappa shape index (κ3) is 4.23. The largest absolute Gasteiger partial charge is 0.379 e. The van der Waals surface area contributed by atoms with Gasteiger partial charge in [0.15, 0.2) is 0 Å². The number of sulfonamides is 1. The summed E-state index contributed by atoms with van der Waals surface area (Å²) < 4.78 is 34.4. The van der Waals surface area contributed by atoms with Crippen LogP contribution < -0.4 is 0 Å². The molecule has 1 aliphatic heterocycles. The molecule has 1 aromatic heterocycles. The average molecular weight is 424 g/mol. The molecule has 4 rings (SSSR count). The molecule has 1 saturated heterocycles. The molecule has 1 fully saturated rings. The van der Waals surface area contributed by atoms with E-state index in [9.17, 15) is 8.42 Å². The van der Waals surface area contributed by atoms with Gasteiger partial charge in [-0.15, -0.1) is 0 Å². The van der Waals surface area contributed by atoms with Crippen LogP contribution in [0.3, 0.4) is 0 Å². The summed E-state index contributed by atoms with van der Waals surface area (Å²) in [4.78, 5) is 0.291. The molecule has 2 heterocycles. The van der Waals surface area contributed by atoms with E-state index in [1.807, 2.05) is 67.2 Å². The fourth-order valence-corrected chi connectivity index (χ4v) is 4.87. The van der Waals surface area contributed by atoms with Crippen LogP contribution in [0.5, 0.6) is 0 Å². The third-order valence-corrected chi connectivity index (χ3v) is 6.86. The van der Waals surface area contributed by atoms with Gasteiger partial charge in [-0.05, 0) is 38.1 Å². The summed E-state index contributed by atoms with van der Waals surface area (Å²) >= 11 is 0. The lowest BCUT2D eigenvalue weighted by Crippen LogP contribution is -2.40. The second-order valence-corrected chi connectivity index (χ2v) is 9.41. The van der Waals surface area contributed by atoms with Gasteiger partial charge in [0, 0.05) is 30.4 Å². The Morgan fingerprint density at radius 1 is 1.00 bits per heavy atom. The Hall–Kier alpha value is -2.74. The summed E-state index contributed by atoms with van der Waals surface area (Å²) in [6.07, 6.45) is 4.08. The predicted molar refractivity (Wildman–Crippen MR) is 118 cm³/mol. The molecule has 0 bridgehead atoms. The smallest absolute Gasteiger partial charge is 0.243 e. The zero-order valence-electron chi connectivity index (χ0n) is 17.2. The van der Waals surface area contributed by atoms with Crippen LogP contribution in [0.4, 0.5) is 0 Å². The number of hydrogen-bond donors (Lipinski definition) is 0. The van der Waals surface area contributed by atoms with E-state index >= 15 is 0 Å². The SMILES string of the molecule is CC(C)=Cc1cn(-c2ccccc2)nc1-c1ccc(S(=O)(=O)N2CCOCC2)cc1. The first kappa shape index (κ1) is 20.5. The predicted octanol–water partition coefficient (Wildman–Crippen LogP) is 3.98. The van der Waals surface area contributed by atoms with Gasteiger partial charge in [-0.1, -0.05) is 42.0 Å². The number of rotatable bonds is 5. The Balaban J connectivity index is 1.70. The van der Waals surface area contributed by atoms with Crippen LogP contribution >= 0.6 is 0 Å². The molecule has 0 radical (unpaired) electrons. The van der Waals surface area contributed by atoms with Crippen molar-refractivity contribution in [3.63, 3.8) is 0 Å². The van der Waals surface area contributed by atoms with Gasteiger partial charge in [0.25, 0.3) is 0 Å². The number of benzene rings is 2. The first-order chi connectivity index (χ1) is 14.4. The summed E-state index contributed by atoms with van der Waals surface area (Å²) in [6.45, 7) is 5.72. The van der Waals surface area contributed by atoms with Crippen molar-refractivity contribution >= 4 is 16.1 Å². The first-order valence-electron chi connectivity index (χ1n) is 9.93. The molecule has 0 spiro atoms. The zero-order chi connectivity index (χ0) is 21.1. The van der Waals surface area contributed by atoms with Crippen LogP contribution in [0.2, 0.25) is 0 Å². The van der Waals surface area contributed by atoms with Crippen LogP contribution in [0.1, 0.15) is 19.4 Å². The molecule has 3 aromatic rings. The fraction of sp³-hybridized carbons (Fsp3) is 0.261. The van der Waals surface area contributed by atoms with Crippen molar-refractivity contribution in [1.82, 2.24) is 14.1 Å². The Labute approximate surface area is 177 Å². The number of morpholine rings is 1. The minimum absolute atomic E-state index is 0.291. The van der Waals surface area contributed by atoms with Crippen molar-refractivity contribution in [1.29, 1.82) is 0 Å². The van der Waals surface area contributed by atoms with E-state index in [-0.39, 0.29) is 0 Å². The van der Waals surface area contributed by atoms with Crippen molar-refractivity contribution in [2.24, 2.45) is 0 Å². The van der Waals surface area contributed by atoms with Gasteiger partial charge >= 0.3 is 0 Å². The topological polar surface area (TPSA) is 64.4 Å². The van der Waals surface area contributed by atoms with Gasteiger partial charge in [-0.25, -0.2) is 13.1 Å². The minimum Gasteiger partial charge on any atom is -0.379 e. The molecule has 0 amide bonds. The monoisotopic (exact) mass is 423 g/mol. The highest BCUT2D eigenvalue weighted by Gasteiger charge is 2.26. The molecule has 0 aliphatic carbocycles. The summed E-state index contributed by atoms with van der Waals surface area (Å²) in [5.41, 5.74) is 4.81. The number of nitrogens with zero attached hydrogens (tertiary/aromatic N) is 3.